The molecule has 0 fully saturated rings. The summed E-state index contributed by atoms with van der Waals surface area (Å²) in [6.45, 7) is 0. The Kier molecular flexibility index (Phi) is 1.90. The van der Waals surface area contributed by atoms with Crippen molar-refractivity contribution in [3.63, 3.8) is 0 Å². The Morgan fingerprint density at radius 2 is 2.56 bits per heavy atom. The monoisotopic (exact) mass is 125 g/mol. The van der Waals surface area contributed by atoms with Crippen molar-refractivity contribution in [3.8, 4) is 0 Å². The molecule has 0 aliphatic heterocycles. The topological polar surface area (TPSA) is 32.3 Å². The Labute approximate surface area is 54.9 Å². The largest absolute Gasteiger partial charge is 0.389 e. The van der Waals surface area contributed by atoms with Crippen LogP contribution in [0.15, 0.2) is 23.9 Å². The van der Waals surface area contributed by atoms with Gasteiger partial charge in [0.2, 0.25) is 0 Å². The van der Waals surface area contributed by atoms with Crippen molar-refractivity contribution in [2.45, 2.75) is 12.5 Å². The molecule has 0 saturated heterocycles. The van der Waals surface area contributed by atoms with Gasteiger partial charge in [0.05, 0.1) is 6.10 Å². The van der Waals surface area contributed by atoms with Gasteiger partial charge in [-0.1, -0.05) is 12.2 Å². The third kappa shape index (κ3) is 1.57. The zero-order chi connectivity index (χ0) is 6.69. The first-order valence-electron chi connectivity index (χ1n) is 3.07. The molecule has 0 aromatic heterocycles. The summed E-state index contributed by atoms with van der Waals surface area (Å²) in [4.78, 5) is 0. The van der Waals surface area contributed by atoms with Crippen LogP contribution in [0.4, 0.5) is 0 Å². The lowest BCUT2D eigenvalue weighted by molar-refractivity contribution is 0.225. The highest BCUT2D eigenvalue weighted by molar-refractivity contribution is 5.21. The average molecular weight is 125 g/mol. The van der Waals surface area contributed by atoms with Crippen LogP contribution in [0.2, 0.25) is 0 Å². The number of likely N-dealkylation sites (N-methyl/N-ethyl adjacent to an activating group) is 1. The number of aliphatic hydroxyl groups is 1. The van der Waals surface area contributed by atoms with Crippen molar-refractivity contribution in [1.29, 1.82) is 0 Å². The van der Waals surface area contributed by atoms with E-state index < -0.39 is 0 Å². The molecule has 1 aliphatic carbocycles. The molecule has 1 unspecified atom stereocenters. The first-order chi connectivity index (χ1) is 4.33. The lowest BCUT2D eigenvalue weighted by atomic mass is 10.1. The van der Waals surface area contributed by atoms with Gasteiger partial charge in [-0.2, -0.15) is 0 Å². The van der Waals surface area contributed by atoms with Crippen LogP contribution in [0, 0.1) is 0 Å². The summed E-state index contributed by atoms with van der Waals surface area (Å²) in [6, 6.07) is 0. The van der Waals surface area contributed by atoms with Crippen LogP contribution in [0.1, 0.15) is 6.42 Å². The van der Waals surface area contributed by atoms with Gasteiger partial charge in [0.1, 0.15) is 0 Å². The van der Waals surface area contributed by atoms with Gasteiger partial charge in [-0.15, -0.1) is 0 Å². The molecular formula is C7H11NO. The Morgan fingerprint density at radius 1 is 1.78 bits per heavy atom. The summed E-state index contributed by atoms with van der Waals surface area (Å²) in [7, 11) is 1.87. The van der Waals surface area contributed by atoms with Crippen molar-refractivity contribution in [2.24, 2.45) is 0 Å². The van der Waals surface area contributed by atoms with E-state index in [0.29, 0.717) is 0 Å². The maximum absolute atomic E-state index is 8.96. The van der Waals surface area contributed by atoms with E-state index in [2.05, 4.69) is 5.32 Å². The van der Waals surface area contributed by atoms with Crippen molar-refractivity contribution in [3.05, 3.63) is 23.9 Å². The van der Waals surface area contributed by atoms with Gasteiger partial charge in [0, 0.05) is 12.7 Å². The van der Waals surface area contributed by atoms with Crippen molar-refractivity contribution in [2.75, 3.05) is 7.05 Å². The smallest absolute Gasteiger partial charge is 0.0759 e. The zero-order valence-corrected chi connectivity index (χ0v) is 5.46. The van der Waals surface area contributed by atoms with Crippen molar-refractivity contribution in [1.82, 2.24) is 5.32 Å². The van der Waals surface area contributed by atoms with Gasteiger partial charge < -0.3 is 10.4 Å². The second-order valence-electron chi connectivity index (χ2n) is 2.07. The molecule has 0 radical (unpaired) electrons. The number of aliphatic hydroxyl groups excluding tert-OH is 1. The van der Waals surface area contributed by atoms with E-state index in [9.17, 15) is 0 Å². The van der Waals surface area contributed by atoms with E-state index in [-0.39, 0.29) is 6.10 Å². The summed E-state index contributed by atoms with van der Waals surface area (Å²) in [5.74, 6) is 0. The van der Waals surface area contributed by atoms with E-state index in [1.165, 1.54) is 0 Å². The van der Waals surface area contributed by atoms with Gasteiger partial charge in [0.15, 0.2) is 0 Å². The molecule has 50 valence electrons. The Morgan fingerprint density at radius 3 is 3.00 bits per heavy atom. The quantitative estimate of drug-likeness (QED) is 0.532. The summed E-state index contributed by atoms with van der Waals surface area (Å²) in [5.41, 5.74) is 1.08. The van der Waals surface area contributed by atoms with E-state index >= 15 is 0 Å². The van der Waals surface area contributed by atoms with Gasteiger partial charge in [-0.25, -0.2) is 0 Å². The predicted octanol–water partition coefficient (Wildman–Crippen LogP) is 0.411. The van der Waals surface area contributed by atoms with E-state index in [1.54, 1.807) is 6.08 Å². The van der Waals surface area contributed by atoms with Crippen LogP contribution in [-0.4, -0.2) is 18.3 Å². The van der Waals surface area contributed by atoms with E-state index in [0.717, 1.165) is 12.1 Å². The first kappa shape index (κ1) is 6.36. The molecule has 0 spiro atoms. The lowest BCUT2D eigenvalue weighted by Gasteiger charge is -2.09. The highest BCUT2D eigenvalue weighted by Gasteiger charge is 2.01. The van der Waals surface area contributed by atoms with Crippen LogP contribution in [0.5, 0.6) is 0 Å². The number of allylic oxidation sites excluding steroid dienone is 1. The fourth-order valence-electron chi connectivity index (χ4n) is 0.794. The number of hydrogen-bond acceptors (Lipinski definition) is 2. The maximum Gasteiger partial charge on any atom is 0.0759 e. The maximum atomic E-state index is 8.96. The molecule has 1 atom stereocenters. The minimum absolute atomic E-state index is 0.276. The fraction of sp³-hybridized carbons (Fsp3) is 0.429. The van der Waals surface area contributed by atoms with Crippen LogP contribution in [0.3, 0.4) is 0 Å². The third-order valence-electron chi connectivity index (χ3n) is 1.37. The molecule has 1 rings (SSSR count). The SMILES string of the molecule is CNC1=CCC(O)C=C1. The number of nitrogens with one attached hydrogen (secondary N) is 1. The van der Waals surface area contributed by atoms with Crippen LogP contribution in [-0.2, 0) is 0 Å². The second-order valence-corrected chi connectivity index (χ2v) is 2.07. The summed E-state index contributed by atoms with van der Waals surface area (Å²) < 4.78 is 0. The molecule has 0 amide bonds. The zero-order valence-electron chi connectivity index (χ0n) is 5.46. The molecule has 0 bridgehead atoms. The molecule has 2 nitrogen and oxygen atoms in total. The normalized spacial score (nSPS) is 25.6. The standard InChI is InChI=1S/C7H11NO/c1-8-6-2-4-7(9)5-3-6/h2-4,7-9H,5H2,1H3. The minimum Gasteiger partial charge on any atom is -0.389 e. The van der Waals surface area contributed by atoms with Gasteiger partial charge in [-0.05, 0) is 12.5 Å². The third-order valence-corrected chi connectivity index (χ3v) is 1.37. The van der Waals surface area contributed by atoms with Crippen LogP contribution in [0.25, 0.3) is 0 Å². The molecule has 0 aromatic rings. The molecule has 0 aromatic carbocycles. The molecule has 2 heteroatoms. The van der Waals surface area contributed by atoms with Crippen LogP contribution < -0.4 is 5.32 Å². The molecular weight excluding hydrogens is 114 g/mol. The second kappa shape index (κ2) is 2.69. The highest BCUT2D eigenvalue weighted by Crippen LogP contribution is 2.06. The minimum atomic E-state index is -0.276. The number of hydrogen-bond donors (Lipinski definition) is 2. The van der Waals surface area contributed by atoms with Crippen molar-refractivity contribution >= 4 is 0 Å². The fourth-order valence-corrected chi connectivity index (χ4v) is 0.794. The summed E-state index contributed by atoms with van der Waals surface area (Å²) in [6.07, 6.45) is 6.10. The van der Waals surface area contributed by atoms with Gasteiger partial charge in [-0.3, -0.25) is 0 Å². The molecule has 9 heavy (non-hydrogen) atoms. The van der Waals surface area contributed by atoms with Crippen molar-refractivity contribution < 1.29 is 5.11 Å². The molecule has 1 aliphatic rings. The van der Waals surface area contributed by atoms with Gasteiger partial charge in [0.25, 0.3) is 0 Å². The summed E-state index contributed by atoms with van der Waals surface area (Å²) >= 11 is 0. The summed E-state index contributed by atoms with van der Waals surface area (Å²) in [5, 5.41) is 12.0. The molecule has 0 saturated carbocycles. The first-order valence-corrected chi connectivity index (χ1v) is 3.07. The number of rotatable bonds is 1. The highest BCUT2D eigenvalue weighted by atomic mass is 16.3. The lowest BCUT2D eigenvalue weighted by Crippen LogP contribution is -2.10. The Bertz CT molecular complexity index is 149. The average Bonchev–Trinajstić information content (AvgIpc) is 1.90. The molecule has 0 heterocycles. The van der Waals surface area contributed by atoms with E-state index in [1.807, 2.05) is 19.2 Å². The predicted molar refractivity (Wildman–Crippen MR) is 36.9 cm³/mol. The Hall–Kier alpha value is -0.760. The Balaban J connectivity index is 2.52. The van der Waals surface area contributed by atoms with Gasteiger partial charge >= 0.3 is 0 Å². The van der Waals surface area contributed by atoms with Crippen LogP contribution >= 0.6 is 0 Å². The van der Waals surface area contributed by atoms with E-state index in [4.69, 9.17) is 5.11 Å². The molecule has 2 N–H and O–H groups in total.